The van der Waals surface area contributed by atoms with Crippen LogP contribution in [-0.4, -0.2) is 52.1 Å². The third-order valence-electron chi connectivity index (χ3n) is 7.54. The molecule has 1 saturated heterocycles. The molecular formula is C26H34N4O2. The van der Waals surface area contributed by atoms with Gasteiger partial charge >= 0.3 is 0 Å². The molecule has 0 aromatic carbocycles. The van der Waals surface area contributed by atoms with Crippen LogP contribution in [0.3, 0.4) is 0 Å². The fourth-order valence-electron chi connectivity index (χ4n) is 5.95. The number of nitrogens with one attached hydrogen (secondary N) is 1. The van der Waals surface area contributed by atoms with Crippen molar-refractivity contribution in [2.45, 2.75) is 65.1 Å². The molecule has 1 aromatic rings. The van der Waals surface area contributed by atoms with Crippen LogP contribution >= 0.6 is 0 Å². The second-order valence-electron chi connectivity index (χ2n) is 9.90. The van der Waals surface area contributed by atoms with Crippen LogP contribution in [0.25, 0.3) is 0 Å². The van der Waals surface area contributed by atoms with Crippen LogP contribution in [-0.2, 0) is 9.53 Å². The van der Waals surface area contributed by atoms with Crippen molar-refractivity contribution in [3.8, 4) is 0 Å². The lowest BCUT2D eigenvalue weighted by Crippen LogP contribution is -2.63. The molecule has 2 aliphatic carbocycles. The van der Waals surface area contributed by atoms with Crippen LogP contribution in [0.2, 0.25) is 0 Å². The Morgan fingerprint density at radius 1 is 1.22 bits per heavy atom. The van der Waals surface area contributed by atoms with Crippen LogP contribution in [0.5, 0.6) is 0 Å². The zero-order valence-corrected chi connectivity index (χ0v) is 19.5. The third-order valence-corrected chi connectivity index (χ3v) is 7.54. The van der Waals surface area contributed by atoms with Crippen LogP contribution in [0.1, 0.15) is 45.7 Å². The molecule has 1 amide bonds. The molecule has 4 aliphatic rings. The number of fused-ring (bicyclic) bond motifs is 1. The van der Waals surface area contributed by atoms with Gasteiger partial charge in [0.15, 0.2) is 0 Å². The minimum absolute atomic E-state index is 0.0781. The molecule has 1 saturated carbocycles. The van der Waals surface area contributed by atoms with Gasteiger partial charge < -0.3 is 15.0 Å². The fourth-order valence-corrected chi connectivity index (χ4v) is 5.95. The standard InChI is InChI=1S/C26H34N4O2/c1-15-11-21(19-7-9-32-10-8-19)12-22-24(29-23-14-27-16(2)13-28-23)17(3)26(20-5-6-20)30(18(4)31)25(15)22/h7,11-15,17,20,24-26H,5-6,8-10H2,1-4H3,(H,28,29)/t15?,17-,24?,25?,26?/m1/s1. The molecule has 1 N–H and O–H groups in total. The van der Waals surface area contributed by atoms with Gasteiger partial charge in [0.2, 0.25) is 5.91 Å². The number of hydrogen-bond donors (Lipinski definition) is 1. The molecule has 0 radical (unpaired) electrons. The molecular weight excluding hydrogens is 400 g/mol. The van der Waals surface area contributed by atoms with Gasteiger partial charge in [-0.25, -0.2) is 4.98 Å². The number of hydrogen-bond acceptors (Lipinski definition) is 5. The number of carbonyl (C=O) groups excluding carboxylic acids is 1. The molecule has 32 heavy (non-hydrogen) atoms. The lowest BCUT2D eigenvalue weighted by Gasteiger charge is -2.53. The zero-order chi connectivity index (χ0) is 22.4. The Kier molecular flexibility index (Phi) is 5.66. The van der Waals surface area contributed by atoms with Crippen molar-refractivity contribution in [1.29, 1.82) is 0 Å². The van der Waals surface area contributed by atoms with Crippen LogP contribution in [0.4, 0.5) is 5.82 Å². The van der Waals surface area contributed by atoms with Gasteiger partial charge in [0, 0.05) is 18.9 Å². The Hall–Kier alpha value is -2.47. The van der Waals surface area contributed by atoms with Crippen molar-refractivity contribution >= 4 is 11.7 Å². The summed E-state index contributed by atoms with van der Waals surface area (Å²) in [6.45, 7) is 9.69. The van der Waals surface area contributed by atoms with Crippen molar-refractivity contribution in [3.05, 3.63) is 53.0 Å². The monoisotopic (exact) mass is 434 g/mol. The summed E-state index contributed by atoms with van der Waals surface area (Å²) in [6, 6.07) is 0.449. The number of rotatable bonds is 4. The summed E-state index contributed by atoms with van der Waals surface area (Å²) in [5.41, 5.74) is 4.85. The number of ether oxygens (including phenoxy) is 1. The number of anilines is 1. The van der Waals surface area contributed by atoms with Crippen molar-refractivity contribution < 1.29 is 9.53 Å². The van der Waals surface area contributed by atoms with Gasteiger partial charge in [0.1, 0.15) is 5.82 Å². The van der Waals surface area contributed by atoms with E-state index in [-0.39, 0.29) is 35.9 Å². The number of nitrogens with zero attached hydrogens (tertiary/aromatic N) is 3. The minimum Gasteiger partial charge on any atom is -0.377 e. The van der Waals surface area contributed by atoms with Crippen LogP contribution in [0.15, 0.2) is 47.3 Å². The van der Waals surface area contributed by atoms with Crippen molar-refractivity contribution in [2.24, 2.45) is 17.8 Å². The van der Waals surface area contributed by atoms with Gasteiger partial charge in [-0.1, -0.05) is 32.1 Å². The summed E-state index contributed by atoms with van der Waals surface area (Å²) in [5.74, 6) is 2.12. The minimum atomic E-state index is 0.0781. The molecule has 0 bridgehead atoms. The van der Waals surface area contributed by atoms with Crippen LogP contribution in [0, 0.1) is 24.7 Å². The van der Waals surface area contributed by atoms with Crippen molar-refractivity contribution in [1.82, 2.24) is 14.9 Å². The van der Waals surface area contributed by atoms with E-state index in [1.54, 1.807) is 6.92 Å². The zero-order valence-electron chi connectivity index (χ0n) is 19.5. The predicted octanol–water partition coefficient (Wildman–Crippen LogP) is 4.06. The number of carbonyl (C=O) groups is 1. The fraction of sp³-hybridized carbons (Fsp3) is 0.577. The molecule has 2 aliphatic heterocycles. The maximum Gasteiger partial charge on any atom is 0.220 e. The average Bonchev–Trinajstić information content (AvgIpc) is 3.62. The second kappa shape index (κ2) is 8.47. The molecule has 6 nitrogen and oxygen atoms in total. The Labute approximate surface area is 190 Å². The topological polar surface area (TPSA) is 67.3 Å². The second-order valence-corrected chi connectivity index (χ2v) is 9.90. The maximum atomic E-state index is 13.0. The van der Waals surface area contributed by atoms with E-state index in [0.29, 0.717) is 12.5 Å². The Balaban J connectivity index is 1.57. The molecule has 3 heterocycles. The third kappa shape index (κ3) is 3.90. The van der Waals surface area contributed by atoms with Crippen molar-refractivity contribution in [2.75, 3.05) is 18.5 Å². The van der Waals surface area contributed by atoms with Crippen LogP contribution < -0.4 is 5.32 Å². The van der Waals surface area contributed by atoms with E-state index >= 15 is 0 Å². The highest BCUT2D eigenvalue weighted by Crippen LogP contribution is 2.49. The Bertz CT molecular complexity index is 976. The molecule has 6 heteroatoms. The summed E-state index contributed by atoms with van der Waals surface area (Å²) in [5, 5.41) is 3.72. The lowest BCUT2D eigenvalue weighted by atomic mass is 9.70. The van der Waals surface area contributed by atoms with Gasteiger partial charge in [-0.15, -0.1) is 0 Å². The average molecular weight is 435 g/mol. The number of amides is 1. The highest BCUT2D eigenvalue weighted by atomic mass is 16.5. The number of piperidine rings is 1. The van der Waals surface area contributed by atoms with Gasteiger partial charge in [0.25, 0.3) is 0 Å². The van der Waals surface area contributed by atoms with E-state index in [9.17, 15) is 4.79 Å². The van der Waals surface area contributed by atoms with E-state index in [1.165, 1.54) is 29.6 Å². The summed E-state index contributed by atoms with van der Waals surface area (Å²) in [4.78, 5) is 24.2. The summed E-state index contributed by atoms with van der Waals surface area (Å²) < 4.78 is 5.54. The molecule has 1 aromatic heterocycles. The van der Waals surface area contributed by atoms with E-state index in [1.807, 2.05) is 19.3 Å². The number of aryl methyl sites for hydroxylation is 1. The summed E-state index contributed by atoms with van der Waals surface area (Å²) in [6.07, 6.45) is 13.9. The van der Waals surface area contributed by atoms with E-state index in [0.717, 1.165) is 24.5 Å². The summed E-state index contributed by atoms with van der Waals surface area (Å²) >= 11 is 0. The van der Waals surface area contributed by atoms with E-state index < -0.39 is 0 Å². The first kappa shape index (κ1) is 21.4. The van der Waals surface area contributed by atoms with E-state index in [4.69, 9.17) is 4.74 Å². The quantitative estimate of drug-likeness (QED) is 0.774. The smallest absolute Gasteiger partial charge is 0.220 e. The highest BCUT2D eigenvalue weighted by Gasteiger charge is 2.52. The first-order valence-electron chi connectivity index (χ1n) is 12.0. The Morgan fingerprint density at radius 3 is 2.66 bits per heavy atom. The first-order chi connectivity index (χ1) is 15.4. The number of likely N-dealkylation sites (tertiary alicyclic amines) is 1. The molecule has 5 rings (SSSR count). The van der Waals surface area contributed by atoms with Crippen molar-refractivity contribution in [3.63, 3.8) is 0 Å². The SMILES string of the molecule is CC(=O)N1C2C(=CC(C3=CCOCC3)=CC2C)C(Nc2cnc(C)cn2)[C@@H](C)C1C1CC1. The van der Waals surface area contributed by atoms with Gasteiger partial charge in [-0.3, -0.25) is 9.78 Å². The summed E-state index contributed by atoms with van der Waals surface area (Å²) in [7, 11) is 0. The molecule has 170 valence electrons. The Morgan fingerprint density at radius 2 is 2.03 bits per heavy atom. The number of allylic oxidation sites excluding steroid dienone is 2. The molecule has 4 unspecified atom stereocenters. The predicted molar refractivity (Wildman–Crippen MR) is 125 cm³/mol. The number of aromatic nitrogens is 2. The van der Waals surface area contributed by atoms with Gasteiger partial charge in [-0.05, 0) is 54.7 Å². The lowest BCUT2D eigenvalue weighted by molar-refractivity contribution is -0.137. The normalized spacial score (nSPS) is 32.4. The molecule has 5 atom stereocenters. The maximum absolute atomic E-state index is 13.0. The van der Waals surface area contributed by atoms with Gasteiger partial charge in [0.05, 0.1) is 43.4 Å². The van der Waals surface area contributed by atoms with Gasteiger partial charge in [-0.2, -0.15) is 0 Å². The molecule has 2 fully saturated rings. The highest BCUT2D eigenvalue weighted by molar-refractivity contribution is 5.76. The first-order valence-corrected chi connectivity index (χ1v) is 12.0. The largest absolute Gasteiger partial charge is 0.377 e. The van der Waals surface area contributed by atoms with E-state index in [2.05, 4.69) is 52.3 Å². The molecule has 0 spiro atoms.